The van der Waals surface area contributed by atoms with E-state index in [9.17, 15) is 18.0 Å². The summed E-state index contributed by atoms with van der Waals surface area (Å²) < 4.78 is 53.3. The molecule has 0 N–H and O–H groups in total. The van der Waals surface area contributed by atoms with E-state index in [1.807, 2.05) is 0 Å². The number of carbonyl (C=O) groups is 1. The van der Waals surface area contributed by atoms with E-state index in [1.54, 1.807) is 30.3 Å². The Hall–Kier alpha value is -3.55. The van der Waals surface area contributed by atoms with Gasteiger partial charge in [-0.2, -0.15) is 13.2 Å². The minimum Gasteiger partial charge on any atom is -0.503 e. The van der Waals surface area contributed by atoms with Gasteiger partial charge in [-0.1, -0.05) is 41.6 Å². The summed E-state index contributed by atoms with van der Waals surface area (Å²) in [5, 5.41) is 4.00. The van der Waals surface area contributed by atoms with Crippen molar-refractivity contribution in [1.29, 1.82) is 0 Å². The van der Waals surface area contributed by atoms with Crippen LogP contribution in [-0.4, -0.2) is 25.3 Å². The number of esters is 1. The minimum absolute atomic E-state index is 0.185. The maximum absolute atomic E-state index is 12.7. The molecule has 0 atom stereocenters. The quantitative estimate of drug-likeness (QED) is 0.333. The van der Waals surface area contributed by atoms with E-state index >= 15 is 0 Å². The van der Waals surface area contributed by atoms with Gasteiger partial charge in [0.05, 0.1) is 26.0 Å². The van der Waals surface area contributed by atoms with E-state index in [4.69, 9.17) is 14.0 Å². The molecule has 3 rings (SSSR count). The van der Waals surface area contributed by atoms with Crippen molar-refractivity contribution >= 4 is 11.5 Å². The number of rotatable bonds is 5. The fourth-order valence-electron chi connectivity index (χ4n) is 2.75. The Morgan fingerprint density at radius 1 is 1.07 bits per heavy atom. The maximum atomic E-state index is 12.7. The number of methoxy groups -OCH3 is 2. The average Bonchev–Trinajstić information content (AvgIpc) is 3.21. The van der Waals surface area contributed by atoms with Gasteiger partial charge < -0.3 is 14.0 Å². The summed E-state index contributed by atoms with van der Waals surface area (Å²) in [4.78, 5) is 12.1. The van der Waals surface area contributed by atoms with E-state index in [1.165, 1.54) is 32.6 Å². The first-order chi connectivity index (χ1) is 13.8. The monoisotopic (exact) mass is 403 g/mol. The zero-order chi connectivity index (χ0) is 21.0. The highest BCUT2D eigenvalue weighted by Gasteiger charge is 2.30. The third kappa shape index (κ3) is 4.31. The molecule has 0 amide bonds. The Morgan fingerprint density at radius 3 is 2.38 bits per heavy atom. The van der Waals surface area contributed by atoms with Crippen molar-refractivity contribution in [2.24, 2.45) is 0 Å². The summed E-state index contributed by atoms with van der Waals surface area (Å²) in [5.74, 6) is -0.301. The maximum Gasteiger partial charge on any atom is 0.416 e. The molecule has 1 heterocycles. The molecule has 29 heavy (non-hydrogen) atoms. The Morgan fingerprint density at radius 2 is 1.76 bits per heavy atom. The van der Waals surface area contributed by atoms with Crippen LogP contribution in [0.2, 0.25) is 0 Å². The first-order valence-corrected chi connectivity index (χ1v) is 8.40. The highest BCUT2D eigenvalue weighted by Crippen LogP contribution is 2.34. The van der Waals surface area contributed by atoms with Crippen molar-refractivity contribution in [3.05, 3.63) is 72.0 Å². The van der Waals surface area contributed by atoms with Gasteiger partial charge in [-0.25, -0.2) is 4.79 Å². The Kier molecular flexibility index (Phi) is 5.72. The van der Waals surface area contributed by atoms with Gasteiger partial charge in [0, 0.05) is 22.8 Å². The molecule has 3 aromatic rings. The summed E-state index contributed by atoms with van der Waals surface area (Å²) in [7, 11) is 2.66. The summed E-state index contributed by atoms with van der Waals surface area (Å²) in [6.07, 6.45) is -3.15. The predicted molar refractivity (Wildman–Crippen MR) is 99.4 cm³/mol. The first-order valence-electron chi connectivity index (χ1n) is 8.40. The third-order valence-electron chi connectivity index (χ3n) is 4.14. The van der Waals surface area contributed by atoms with Crippen LogP contribution in [0.25, 0.3) is 28.2 Å². The number of nitrogens with zero attached hydrogens (tertiary/aromatic N) is 1. The fourth-order valence-corrected chi connectivity index (χ4v) is 2.75. The van der Waals surface area contributed by atoms with Crippen LogP contribution >= 0.6 is 0 Å². The van der Waals surface area contributed by atoms with Gasteiger partial charge in [0.2, 0.25) is 0 Å². The Labute approximate surface area is 164 Å². The van der Waals surface area contributed by atoms with Crippen LogP contribution in [0.3, 0.4) is 0 Å². The van der Waals surface area contributed by atoms with Crippen molar-refractivity contribution in [3.63, 3.8) is 0 Å². The molecule has 0 saturated carbocycles. The van der Waals surface area contributed by atoms with Gasteiger partial charge in [-0.3, -0.25) is 0 Å². The second-order valence-electron chi connectivity index (χ2n) is 5.96. The van der Waals surface area contributed by atoms with E-state index in [2.05, 4.69) is 5.16 Å². The average molecular weight is 403 g/mol. The normalized spacial score (nSPS) is 12.0. The molecular weight excluding hydrogens is 387 g/mol. The van der Waals surface area contributed by atoms with Gasteiger partial charge in [-0.05, 0) is 12.1 Å². The Balaban J connectivity index is 1.99. The molecular formula is C21H16F3NO4. The molecule has 0 aliphatic rings. The van der Waals surface area contributed by atoms with Gasteiger partial charge in [0.1, 0.15) is 11.3 Å². The van der Waals surface area contributed by atoms with Crippen LogP contribution in [0.1, 0.15) is 11.1 Å². The number of aromatic nitrogens is 1. The van der Waals surface area contributed by atoms with Gasteiger partial charge >= 0.3 is 12.1 Å². The number of benzene rings is 2. The molecule has 1 aromatic heterocycles. The van der Waals surface area contributed by atoms with Crippen molar-refractivity contribution in [1.82, 2.24) is 5.16 Å². The fraction of sp³-hybridized carbons (Fsp3) is 0.143. The molecule has 8 heteroatoms. The molecule has 0 spiro atoms. The molecule has 0 aliphatic heterocycles. The molecule has 0 fully saturated rings. The molecule has 150 valence electrons. The second-order valence-corrected chi connectivity index (χ2v) is 5.96. The smallest absolute Gasteiger partial charge is 0.416 e. The molecule has 0 unspecified atom stereocenters. The lowest BCUT2D eigenvalue weighted by Crippen LogP contribution is -2.05. The number of ether oxygens (including phenoxy) is 2. The first kappa shape index (κ1) is 20.2. The van der Waals surface area contributed by atoms with Crippen LogP contribution in [-0.2, 0) is 20.4 Å². The second kappa shape index (κ2) is 8.22. The highest BCUT2D eigenvalue weighted by atomic mass is 19.4. The molecule has 5 nitrogen and oxygen atoms in total. The van der Waals surface area contributed by atoms with Crippen molar-refractivity contribution in [3.8, 4) is 22.6 Å². The van der Waals surface area contributed by atoms with E-state index in [0.29, 0.717) is 28.1 Å². The number of halogens is 3. The topological polar surface area (TPSA) is 61.6 Å². The predicted octanol–water partition coefficient (Wildman–Crippen LogP) is 5.19. The van der Waals surface area contributed by atoms with Crippen molar-refractivity contribution in [2.75, 3.05) is 14.2 Å². The minimum atomic E-state index is -4.41. The number of hydrogen-bond acceptors (Lipinski definition) is 5. The summed E-state index contributed by atoms with van der Waals surface area (Å²) >= 11 is 0. The largest absolute Gasteiger partial charge is 0.503 e. The van der Waals surface area contributed by atoms with Gasteiger partial charge in [-0.15, -0.1) is 0 Å². The third-order valence-corrected chi connectivity index (χ3v) is 4.14. The van der Waals surface area contributed by atoms with Crippen LogP contribution in [0.15, 0.2) is 65.4 Å². The van der Waals surface area contributed by atoms with Crippen LogP contribution in [0.5, 0.6) is 0 Å². The number of alkyl halides is 3. The van der Waals surface area contributed by atoms with Crippen LogP contribution in [0.4, 0.5) is 13.2 Å². The summed E-state index contributed by atoms with van der Waals surface area (Å²) in [6, 6.07) is 13.1. The van der Waals surface area contributed by atoms with E-state index in [0.717, 1.165) is 12.1 Å². The Bertz CT molecular complexity index is 1040. The van der Waals surface area contributed by atoms with Crippen LogP contribution in [0, 0.1) is 0 Å². The lowest BCUT2D eigenvalue weighted by Gasteiger charge is -2.09. The van der Waals surface area contributed by atoms with Crippen molar-refractivity contribution < 1.29 is 32.0 Å². The zero-order valence-corrected chi connectivity index (χ0v) is 15.5. The summed E-state index contributed by atoms with van der Waals surface area (Å²) in [6.45, 7) is 0. The molecule has 0 bridgehead atoms. The van der Waals surface area contributed by atoms with Crippen LogP contribution < -0.4 is 0 Å². The SMILES string of the molecule is CO/C=C(\C(=O)OC)c1ccccc1-c1cc(-c2ccc(C(F)(F)F)cc2)on1. The van der Waals surface area contributed by atoms with E-state index in [-0.39, 0.29) is 5.57 Å². The number of hydrogen-bond donors (Lipinski definition) is 0. The lowest BCUT2D eigenvalue weighted by atomic mass is 9.98. The number of carbonyl (C=O) groups excluding carboxylic acids is 1. The molecule has 2 aromatic carbocycles. The highest BCUT2D eigenvalue weighted by molar-refractivity contribution is 6.17. The van der Waals surface area contributed by atoms with E-state index < -0.39 is 17.7 Å². The standard InChI is InChI=1S/C21H16F3NO4/c1-27-12-17(20(26)28-2)15-5-3-4-6-16(15)18-11-19(29-25-18)13-7-9-14(10-8-13)21(22,23)24/h3-12H,1-2H3/b17-12-. The summed E-state index contributed by atoms with van der Waals surface area (Å²) in [5.41, 5.74) is 1.36. The molecule has 0 saturated heterocycles. The lowest BCUT2D eigenvalue weighted by molar-refractivity contribution is -0.137. The molecule has 0 aliphatic carbocycles. The van der Waals surface area contributed by atoms with Crippen molar-refractivity contribution in [2.45, 2.75) is 6.18 Å². The zero-order valence-electron chi connectivity index (χ0n) is 15.5. The van der Waals surface area contributed by atoms with Gasteiger partial charge in [0.15, 0.2) is 5.76 Å². The molecule has 0 radical (unpaired) electrons. The van der Waals surface area contributed by atoms with Gasteiger partial charge in [0.25, 0.3) is 0 Å².